The molecule has 0 heterocycles. The largest absolute Gasteiger partial charge is 0.383 e. The number of non-ortho nitro benzene ring substituents is 1. The Hall–Kier alpha value is -2.08. The fourth-order valence-corrected chi connectivity index (χ4v) is 2.06. The van der Waals surface area contributed by atoms with Crippen molar-refractivity contribution in [2.45, 2.75) is 25.4 Å². The maximum atomic E-state index is 13.7. The molecule has 2 rings (SSSR count). The molecule has 1 aliphatic rings. The smallest absolute Gasteiger partial charge is 0.272 e. The highest BCUT2D eigenvalue weighted by atomic mass is 19.1. The van der Waals surface area contributed by atoms with Gasteiger partial charge in [-0.15, -0.1) is 0 Å². The highest BCUT2D eigenvalue weighted by molar-refractivity contribution is 5.97. The number of ketones is 1. The number of hydrogen-bond donors (Lipinski definition) is 1. The van der Waals surface area contributed by atoms with Crippen LogP contribution in [0.2, 0.25) is 0 Å². The molecule has 1 aromatic rings. The van der Waals surface area contributed by atoms with E-state index in [2.05, 4.69) is 0 Å². The third-order valence-corrected chi connectivity index (χ3v) is 3.08. The minimum atomic E-state index is -1.37. The van der Waals surface area contributed by atoms with Gasteiger partial charge in [0.05, 0.1) is 11.0 Å². The van der Waals surface area contributed by atoms with Crippen LogP contribution in [0.5, 0.6) is 0 Å². The van der Waals surface area contributed by atoms with Gasteiger partial charge in [0.1, 0.15) is 11.9 Å². The van der Waals surface area contributed by atoms with Crippen LogP contribution in [0.3, 0.4) is 0 Å². The number of carbonyl (C=O) groups excluding carboxylic acids is 1. The van der Waals surface area contributed by atoms with E-state index in [9.17, 15) is 24.4 Å². The van der Waals surface area contributed by atoms with Crippen LogP contribution >= 0.6 is 0 Å². The normalized spacial score (nSPS) is 16.9. The number of nitro benzene ring substituents is 1. The highest BCUT2D eigenvalue weighted by Gasteiger charge is 2.25. The van der Waals surface area contributed by atoms with Gasteiger partial charge in [-0.05, 0) is 18.9 Å². The molecule has 0 bridgehead atoms. The number of carbonyl (C=O) groups is 1. The topological polar surface area (TPSA) is 80.4 Å². The summed E-state index contributed by atoms with van der Waals surface area (Å²) in [7, 11) is 0. The van der Waals surface area contributed by atoms with E-state index in [0.717, 1.165) is 24.6 Å². The van der Waals surface area contributed by atoms with Gasteiger partial charge in [-0.3, -0.25) is 14.9 Å². The van der Waals surface area contributed by atoms with Crippen molar-refractivity contribution >= 4 is 11.5 Å². The Morgan fingerprint density at radius 1 is 1.42 bits per heavy atom. The van der Waals surface area contributed by atoms with Gasteiger partial charge in [-0.2, -0.15) is 0 Å². The number of Topliss-reactive ketones (excluding diaryl/α,β-unsaturated/α-hetero) is 1. The standard InChI is InChI=1S/C13H12FNO4/c14-11-7-8(15(18)19)5-6-9(11)13(17)10-3-1-2-4-12(10)16/h3,5-7,13,17H,1-2,4H2. The second-order valence-electron chi connectivity index (χ2n) is 4.34. The van der Waals surface area contributed by atoms with Crippen LogP contribution in [0, 0.1) is 15.9 Å². The number of hydrogen-bond acceptors (Lipinski definition) is 4. The average molecular weight is 265 g/mol. The lowest BCUT2D eigenvalue weighted by Gasteiger charge is -2.18. The SMILES string of the molecule is O=C1CCCC=C1C(O)c1ccc([N+](=O)[O-])cc1F. The van der Waals surface area contributed by atoms with E-state index in [1.165, 1.54) is 0 Å². The number of nitrogens with zero attached hydrogens (tertiary/aromatic N) is 1. The van der Waals surface area contributed by atoms with Crippen molar-refractivity contribution in [2.75, 3.05) is 0 Å². The third-order valence-electron chi connectivity index (χ3n) is 3.08. The zero-order valence-corrected chi connectivity index (χ0v) is 10.0. The van der Waals surface area contributed by atoms with Gasteiger partial charge in [0.15, 0.2) is 5.78 Å². The minimum absolute atomic E-state index is 0.118. The van der Waals surface area contributed by atoms with Crippen molar-refractivity contribution in [3.8, 4) is 0 Å². The molecule has 1 aliphatic carbocycles. The highest BCUT2D eigenvalue weighted by Crippen LogP contribution is 2.30. The number of rotatable bonds is 3. The molecular formula is C13H12FNO4. The van der Waals surface area contributed by atoms with E-state index in [1.807, 2.05) is 0 Å². The van der Waals surface area contributed by atoms with Crippen molar-refractivity contribution < 1.29 is 19.2 Å². The summed E-state index contributed by atoms with van der Waals surface area (Å²) >= 11 is 0. The van der Waals surface area contributed by atoms with Gasteiger partial charge in [-0.25, -0.2) is 4.39 Å². The number of benzene rings is 1. The van der Waals surface area contributed by atoms with Crippen molar-refractivity contribution in [2.24, 2.45) is 0 Å². The summed E-state index contributed by atoms with van der Waals surface area (Å²) in [4.78, 5) is 21.4. The molecule has 1 aromatic carbocycles. The van der Waals surface area contributed by atoms with E-state index < -0.39 is 22.5 Å². The van der Waals surface area contributed by atoms with E-state index >= 15 is 0 Å². The van der Waals surface area contributed by atoms with Gasteiger partial charge in [0.2, 0.25) is 0 Å². The summed E-state index contributed by atoms with van der Waals surface area (Å²) in [6.07, 6.45) is 1.94. The summed E-state index contributed by atoms with van der Waals surface area (Å²) in [5, 5.41) is 20.5. The predicted octanol–water partition coefficient (Wildman–Crippen LogP) is 2.45. The lowest BCUT2D eigenvalue weighted by molar-refractivity contribution is -0.385. The van der Waals surface area contributed by atoms with Crippen molar-refractivity contribution in [3.05, 3.63) is 51.3 Å². The maximum absolute atomic E-state index is 13.7. The zero-order chi connectivity index (χ0) is 14.0. The molecule has 0 aliphatic heterocycles. The molecule has 1 N–H and O–H groups in total. The van der Waals surface area contributed by atoms with Crippen LogP contribution in [0.1, 0.15) is 30.9 Å². The summed E-state index contributed by atoms with van der Waals surface area (Å²) in [6, 6.07) is 2.99. The predicted molar refractivity (Wildman–Crippen MR) is 65.0 cm³/mol. The van der Waals surface area contributed by atoms with E-state index in [1.54, 1.807) is 6.08 Å². The van der Waals surface area contributed by atoms with Crippen molar-refractivity contribution in [1.82, 2.24) is 0 Å². The fraction of sp³-hybridized carbons (Fsp3) is 0.308. The van der Waals surface area contributed by atoms with Gasteiger partial charge in [-0.1, -0.05) is 6.08 Å². The lowest BCUT2D eigenvalue weighted by atomic mass is 9.90. The number of aliphatic hydroxyl groups excluding tert-OH is 1. The molecule has 0 saturated carbocycles. The van der Waals surface area contributed by atoms with Gasteiger partial charge < -0.3 is 5.11 Å². The first-order chi connectivity index (χ1) is 9.00. The summed E-state index contributed by atoms with van der Waals surface area (Å²) in [6.45, 7) is 0. The molecule has 1 atom stereocenters. The third kappa shape index (κ3) is 2.68. The minimum Gasteiger partial charge on any atom is -0.383 e. The Bertz CT molecular complexity index is 568. The molecule has 0 saturated heterocycles. The van der Waals surface area contributed by atoms with Crippen LogP contribution in [0.25, 0.3) is 0 Å². The van der Waals surface area contributed by atoms with E-state index in [4.69, 9.17) is 0 Å². The number of aliphatic hydroxyl groups is 1. The van der Waals surface area contributed by atoms with Crippen LogP contribution < -0.4 is 0 Å². The summed E-state index contributed by atoms with van der Waals surface area (Å²) < 4.78 is 13.7. The maximum Gasteiger partial charge on any atom is 0.272 e. The molecule has 0 fully saturated rings. The molecule has 0 aromatic heterocycles. The van der Waals surface area contributed by atoms with Gasteiger partial charge in [0, 0.05) is 23.6 Å². The van der Waals surface area contributed by atoms with Gasteiger partial charge >= 0.3 is 0 Å². The summed E-state index contributed by atoms with van der Waals surface area (Å²) in [5.41, 5.74) is -0.344. The summed E-state index contributed by atoms with van der Waals surface area (Å²) in [5.74, 6) is -1.10. The molecule has 19 heavy (non-hydrogen) atoms. The monoisotopic (exact) mass is 265 g/mol. The van der Waals surface area contributed by atoms with Gasteiger partial charge in [0.25, 0.3) is 5.69 Å². The Balaban J connectivity index is 2.34. The van der Waals surface area contributed by atoms with Crippen molar-refractivity contribution in [1.29, 1.82) is 0 Å². The van der Waals surface area contributed by atoms with E-state index in [-0.39, 0.29) is 16.9 Å². The van der Waals surface area contributed by atoms with Crippen LogP contribution in [-0.4, -0.2) is 15.8 Å². The first kappa shape index (κ1) is 13.4. The molecular weight excluding hydrogens is 253 g/mol. The molecule has 100 valence electrons. The Morgan fingerprint density at radius 3 is 2.74 bits per heavy atom. The molecule has 5 nitrogen and oxygen atoms in total. The quantitative estimate of drug-likeness (QED) is 0.672. The molecule has 0 amide bonds. The van der Waals surface area contributed by atoms with Crippen LogP contribution in [0.15, 0.2) is 29.8 Å². The van der Waals surface area contributed by atoms with E-state index in [0.29, 0.717) is 12.8 Å². The van der Waals surface area contributed by atoms with Crippen LogP contribution in [0.4, 0.5) is 10.1 Å². The fourth-order valence-electron chi connectivity index (χ4n) is 2.06. The van der Waals surface area contributed by atoms with Crippen LogP contribution in [-0.2, 0) is 4.79 Å². The number of halogens is 1. The Kier molecular flexibility index (Phi) is 3.71. The Morgan fingerprint density at radius 2 is 2.16 bits per heavy atom. The number of nitro groups is 1. The lowest BCUT2D eigenvalue weighted by Crippen LogP contribution is -2.15. The Labute approximate surface area is 108 Å². The average Bonchev–Trinajstić information content (AvgIpc) is 2.38. The second kappa shape index (κ2) is 5.27. The molecule has 6 heteroatoms. The molecule has 1 unspecified atom stereocenters. The number of allylic oxidation sites excluding steroid dienone is 1. The first-order valence-electron chi connectivity index (χ1n) is 5.86. The van der Waals surface area contributed by atoms with Crippen molar-refractivity contribution in [3.63, 3.8) is 0 Å². The molecule has 0 spiro atoms. The molecule has 0 radical (unpaired) electrons. The first-order valence-corrected chi connectivity index (χ1v) is 5.86. The zero-order valence-electron chi connectivity index (χ0n) is 10.0. The second-order valence-corrected chi connectivity index (χ2v) is 4.34.